The number of rotatable bonds is 2. The predicted molar refractivity (Wildman–Crippen MR) is 84.9 cm³/mol. The van der Waals surface area contributed by atoms with Crippen molar-refractivity contribution in [1.82, 2.24) is 0 Å². The molecule has 0 aliphatic heterocycles. The summed E-state index contributed by atoms with van der Waals surface area (Å²) in [4.78, 5) is 0. The SMILES string of the molecule is Cc1cc(C)cc(-c2ccc(C)c(C(C)C)c2C)c1. The molecule has 0 fully saturated rings. The molecule has 100 valence electrons. The Bertz CT molecular complexity index is 583. The highest BCUT2D eigenvalue weighted by Crippen LogP contribution is 2.32. The fourth-order valence-electron chi connectivity index (χ4n) is 3.20. The molecule has 2 aromatic rings. The molecule has 0 nitrogen and oxygen atoms in total. The van der Waals surface area contributed by atoms with Gasteiger partial charge in [0, 0.05) is 0 Å². The number of hydrogen-bond acceptors (Lipinski definition) is 0. The first-order chi connectivity index (χ1) is 8.90. The average molecular weight is 252 g/mol. The molecule has 0 spiro atoms. The molecule has 0 unspecified atom stereocenters. The zero-order valence-electron chi connectivity index (χ0n) is 13.0. The summed E-state index contributed by atoms with van der Waals surface area (Å²) in [5, 5.41) is 0. The third kappa shape index (κ3) is 2.73. The smallest absolute Gasteiger partial charge is 0.0151 e. The van der Waals surface area contributed by atoms with Crippen molar-refractivity contribution in [1.29, 1.82) is 0 Å². The third-order valence-electron chi connectivity index (χ3n) is 3.84. The van der Waals surface area contributed by atoms with Crippen LogP contribution in [-0.2, 0) is 0 Å². The van der Waals surface area contributed by atoms with Gasteiger partial charge in [0.05, 0.1) is 0 Å². The van der Waals surface area contributed by atoms with Gasteiger partial charge in [0.25, 0.3) is 0 Å². The van der Waals surface area contributed by atoms with Crippen LogP contribution in [0.4, 0.5) is 0 Å². The zero-order valence-corrected chi connectivity index (χ0v) is 13.0. The van der Waals surface area contributed by atoms with Gasteiger partial charge in [-0.15, -0.1) is 0 Å². The van der Waals surface area contributed by atoms with Crippen molar-refractivity contribution < 1.29 is 0 Å². The van der Waals surface area contributed by atoms with Gasteiger partial charge in [0.15, 0.2) is 0 Å². The highest BCUT2D eigenvalue weighted by molar-refractivity contribution is 5.71. The van der Waals surface area contributed by atoms with Gasteiger partial charge >= 0.3 is 0 Å². The molecule has 2 rings (SSSR count). The van der Waals surface area contributed by atoms with E-state index in [1.165, 1.54) is 38.9 Å². The van der Waals surface area contributed by atoms with Crippen LogP contribution in [0.15, 0.2) is 30.3 Å². The second-order valence-corrected chi connectivity index (χ2v) is 6.00. The molecule has 0 aromatic heterocycles. The van der Waals surface area contributed by atoms with Gasteiger partial charge in [-0.25, -0.2) is 0 Å². The molecule has 0 saturated heterocycles. The summed E-state index contributed by atoms with van der Waals surface area (Å²) in [5.41, 5.74) is 9.72. The Hall–Kier alpha value is -1.56. The summed E-state index contributed by atoms with van der Waals surface area (Å²) in [6.07, 6.45) is 0. The van der Waals surface area contributed by atoms with Crippen LogP contribution in [0.2, 0.25) is 0 Å². The summed E-state index contributed by atoms with van der Waals surface area (Å²) in [6.45, 7) is 13.4. The van der Waals surface area contributed by atoms with Crippen LogP contribution >= 0.6 is 0 Å². The molecule has 0 N–H and O–H groups in total. The Kier molecular flexibility index (Phi) is 3.80. The summed E-state index contributed by atoms with van der Waals surface area (Å²) in [5.74, 6) is 0.575. The van der Waals surface area contributed by atoms with Crippen LogP contribution in [0, 0.1) is 27.7 Å². The maximum atomic E-state index is 2.29. The van der Waals surface area contributed by atoms with Gasteiger partial charge in [0.1, 0.15) is 0 Å². The maximum absolute atomic E-state index is 2.29. The van der Waals surface area contributed by atoms with E-state index in [4.69, 9.17) is 0 Å². The van der Waals surface area contributed by atoms with Crippen LogP contribution in [-0.4, -0.2) is 0 Å². The highest BCUT2D eigenvalue weighted by Gasteiger charge is 2.12. The largest absolute Gasteiger partial charge is 0.0587 e. The van der Waals surface area contributed by atoms with Gasteiger partial charge in [-0.05, 0) is 61.4 Å². The van der Waals surface area contributed by atoms with Crippen molar-refractivity contribution in [3.63, 3.8) is 0 Å². The van der Waals surface area contributed by atoms with Crippen LogP contribution in [0.1, 0.15) is 47.6 Å². The predicted octanol–water partition coefficient (Wildman–Crippen LogP) is 5.71. The van der Waals surface area contributed by atoms with Gasteiger partial charge in [0.2, 0.25) is 0 Å². The van der Waals surface area contributed by atoms with E-state index in [1.54, 1.807) is 0 Å². The first kappa shape index (κ1) is 13.9. The van der Waals surface area contributed by atoms with Crippen LogP contribution in [0.3, 0.4) is 0 Å². The zero-order chi connectivity index (χ0) is 14.2. The van der Waals surface area contributed by atoms with E-state index in [2.05, 4.69) is 71.9 Å². The molecular formula is C19H24. The molecule has 0 heteroatoms. The summed E-state index contributed by atoms with van der Waals surface area (Å²) < 4.78 is 0. The molecule has 19 heavy (non-hydrogen) atoms. The monoisotopic (exact) mass is 252 g/mol. The molecule has 0 aliphatic rings. The molecule has 0 aliphatic carbocycles. The molecular weight excluding hydrogens is 228 g/mol. The van der Waals surface area contributed by atoms with Gasteiger partial charge in [-0.1, -0.05) is 55.3 Å². The number of benzene rings is 2. The van der Waals surface area contributed by atoms with Crippen molar-refractivity contribution in [2.45, 2.75) is 47.5 Å². The lowest BCUT2D eigenvalue weighted by molar-refractivity contribution is 0.847. The topological polar surface area (TPSA) is 0 Å². The fraction of sp³-hybridized carbons (Fsp3) is 0.368. The molecule has 0 amide bonds. The standard InChI is InChI=1S/C19H24/c1-12(2)19-15(5)7-8-18(16(19)6)17-10-13(3)9-14(4)11-17/h7-12H,1-6H3. The molecule has 0 bridgehead atoms. The van der Waals surface area contributed by atoms with Gasteiger partial charge in [-0.2, -0.15) is 0 Å². The second-order valence-electron chi connectivity index (χ2n) is 6.00. The quantitative estimate of drug-likeness (QED) is 0.642. The van der Waals surface area contributed by atoms with E-state index in [0.29, 0.717) is 5.92 Å². The van der Waals surface area contributed by atoms with E-state index in [9.17, 15) is 0 Å². The molecule has 0 radical (unpaired) electrons. The van der Waals surface area contributed by atoms with Crippen molar-refractivity contribution in [2.75, 3.05) is 0 Å². The summed E-state index contributed by atoms with van der Waals surface area (Å²) >= 11 is 0. The van der Waals surface area contributed by atoms with Crippen LogP contribution < -0.4 is 0 Å². The van der Waals surface area contributed by atoms with Crippen LogP contribution in [0.25, 0.3) is 11.1 Å². The minimum atomic E-state index is 0.575. The molecule has 2 aromatic carbocycles. The Morgan fingerprint density at radius 2 is 1.37 bits per heavy atom. The Morgan fingerprint density at radius 1 is 0.789 bits per heavy atom. The number of hydrogen-bond donors (Lipinski definition) is 0. The van der Waals surface area contributed by atoms with E-state index in [0.717, 1.165) is 0 Å². The van der Waals surface area contributed by atoms with E-state index >= 15 is 0 Å². The maximum Gasteiger partial charge on any atom is -0.0151 e. The fourth-order valence-corrected chi connectivity index (χ4v) is 3.20. The Balaban J connectivity index is 2.66. The minimum absolute atomic E-state index is 0.575. The normalized spacial score (nSPS) is 11.1. The van der Waals surface area contributed by atoms with E-state index < -0.39 is 0 Å². The van der Waals surface area contributed by atoms with Crippen molar-refractivity contribution in [3.05, 3.63) is 58.1 Å². The second kappa shape index (κ2) is 5.21. The minimum Gasteiger partial charge on any atom is -0.0587 e. The molecule has 0 heterocycles. The molecule has 0 saturated carbocycles. The van der Waals surface area contributed by atoms with E-state index in [1.807, 2.05) is 0 Å². The lowest BCUT2D eigenvalue weighted by atomic mass is 9.87. The van der Waals surface area contributed by atoms with Gasteiger partial charge < -0.3 is 0 Å². The first-order valence-corrected chi connectivity index (χ1v) is 7.09. The summed E-state index contributed by atoms with van der Waals surface area (Å²) in [6, 6.07) is 11.3. The third-order valence-corrected chi connectivity index (χ3v) is 3.84. The Labute approximate surface area is 117 Å². The Morgan fingerprint density at radius 3 is 1.89 bits per heavy atom. The van der Waals surface area contributed by atoms with Crippen LogP contribution in [0.5, 0.6) is 0 Å². The first-order valence-electron chi connectivity index (χ1n) is 7.09. The lowest BCUT2D eigenvalue weighted by Gasteiger charge is -2.18. The van der Waals surface area contributed by atoms with Crippen molar-refractivity contribution in [2.24, 2.45) is 0 Å². The molecule has 0 atom stereocenters. The highest BCUT2D eigenvalue weighted by atomic mass is 14.2. The van der Waals surface area contributed by atoms with Crippen molar-refractivity contribution >= 4 is 0 Å². The van der Waals surface area contributed by atoms with Gasteiger partial charge in [-0.3, -0.25) is 0 Å². The average Bonchev–Trinajstić information content (AvgIpc) is 2.26. The van der Waals surface area contributed by atoms with E-state index in [-0.39, 0.29) is 0 Å². The summed E-state index contributed by atoms with van der Waals surface area (Å²) in [7, 11) is 0. The number of aryl methyl sites for hydroxylation is 3. The van der Waals surface area contributed by atoms with Crippen molar-refractivity contribution in [3.8, 4) is 11.1 Å². The lowest BCUT2D eigenvalue weighted by Crippen LogP contribution is -1.98.